The molecule has 28 heavy (non-hydrogen) atoms. The molecule has 0 spiro atoms. The molecule has 2 aromatic rings. The van der Waals surface area contributed by atoms with Gasteiger partial charge >= 0.3 is 0 Å². The average molecular weight is 401 g/mol. The smallest absolute Gasteiger partial charge is 0.243 e. The fourth-order valence-electron chi connectivity index (χ4n) is 4.03. The van der Waals surface area contributed by atoms with E-state index in [-0.39, 0.29) is 18.4 Å². The zero-order valence-corrected chi connectivity index (χ0v) is 17.8. The highest BCUT2D eigenvalue weighted by Gasteiger charge is 2.34. The summed E-state index contributed by atoms with van der Waals surface area (Å²) in [5.41, 5.74) is 4.32. The fourth-order valence-corrected chi connectivity index (χ4v) is 5.96. The van der Waals surface area contributed by atoms with E-state index in [0.29, 0.717) is 24.3 Å². The van der Waals surface area contributed by atoms with Gasteiger partial charge in [0.1, 0.15) is 0 Å². The third-order valence-corrected chi connectivity index (χ3v) is 7.53. The van der Waals surface area contributed by atoms with Crippen LogP contribution in [0.5, 0.6) is 0 Å². The van der Waals surface area contributed by atoms with E-state index in [1.54, 1.807) is 0 Å². The second-order valence-corrected chi connectivity index (χ2v) is 9.61. The molecule has 1 aliphatic heterocycles. The van der Waals surface area contributed by atoms with E-state index in [4.69, 9.17) is 0 Å². The molecule has 0 saturated carbocycles. The van der Waals surface area contributed by atoms with Gasteiger partial charge in [-0.25, -0.2) is 8.42 Å². The van der Waals surface area contributed by atoms with Gasteiger partial charge in [0.05, 0.1) is 10.8 Å². The van der Waals surface area contributed by atoms with Crippen molar-refractivity contribution in [3.63, 3.8) is 0 Å². The van der Waals surface area contributed by atoms with Gasteiger partial charge in [0.15, 0.2) is 0 Å². The number of sulfonamides is 1. The molecule has 0 aliphatic carbocycles. The highest BCUT2D eigenvalue weighted by molar-refractivity contribution is 7.89. The van der Waals surface area contributed by atoms with Gasteiger partial charge in [0, 0.05) is 18.8 Å². The van der Waals surface area contributed by atoms with Crippen LogP contribution in [0, 0.1) is 33.6 Å². The summed E-state index contributed by atoms with van der Waals surface area (Å²) >= 11 is 0. The lowest BCUT2D eigenvalue weighted by Crippen LogP contribution is -2.44. The van der Waals surface area contributed by atoms with Crippen molar-refractivity contribution < 1.29 is 13.2 Å². The van der Waals surface area contributed by atoms with Crippen LogP contribution in [0.1, 0.15) is 35.1 Å². The minimum absolute atomic E-state index is 0.119. The molecule has 6 heteroatoms. The molecule has 150 valence electrons. The maximum Gasteiger partial charge on any atom is 0.243 e. The molecular weight excluding hydrogens is 372 g/mol. The molecule has 0 aromatic heterocycles. The number of piperidine rings is 1. The number of aryl methyl sites for hydroxylation is 4. The quantitative estimate of drug-likeness (QED) is 0.845. The van der Waals surface area contributed by atoms with Gasteiger partial charge in [-0.3, -0.25) is 4.79 Å². The third-order valence-electron chi connectivity index (χ3n) is 5.36. The summed E-state index contributed by atoms with van der Waals surface area (Å²) in [7, 11) is -3.63. The molecule has 1 saturated heterocycles. The average Bonchev–Trinajstić information content (AvgIpc) is 2.62. The first-order chi connectivity index (χ1) is 13.2. The summed E-state index contributed by atoms with van der Waals surface area (Å²) in [6, 6.07) is 11.4. The topological polar surface area (TPSA) is 66.5 Å². The van der Waals surface area contributed by atoms with Crippen LogP contribution in [-0.2, 0) is 14.8 Å². The standard InChI is InChI=1S/C22H28N2O3S/c1-15-12-17(3)21(18(4)13-15)28(26,27)24-11-7-9-19(14-24)22(25)23-20-10-6-5-8-16(20)2/h5-6,8,10,12-13,19H,7,9,11,14H2,1-4H3,(H,23,25)/t19-/m1/s1. The third kappa shape index (κ3) is 4.13. The van der Waals surface area contributed by atoms with E-state index in [0.717, 1.165) is 27.9 Å². The van der Waals surface area contributed by atoms with Gasteiger partial charge in [-0.05, 0) is 63.3 Å². The molecular formula is C22H28N2O3S. The van der Waals surface area contributed by atoms with Crippen molar-refractivity contribution in [2.24, 2.45) is 5.92 Å². The van der Waals surface area contributed by atoms with Gasteiger partial charge in [0.25, 0.3) is 0 Å². The zero-order valence-electron chi connectivity index (χ0n) is 17.0. The number of para-hydroxylation sites is 1. The molecule has 1 heterocycles. The lowest BCUT2D eigenvalue weighted by molar-refractivity contribution is -0.120. The van der Waals surface area contributed by atoms with Crippen LogP contribution in [0.15, 0.2) is 41.3 Å². The number of amides is 1. The Balaban J connectivity index is 1.81. The van der Waals surface area contributed by atoms with Crippen LogP contribution in [0.3, 0.4) is 0 Å². The lowest BCUT2D eigenvalue weighted by atomic mass is 9.98. The van der Waals surface area contributed by atoms with Crippen molar-refractivity contribution in [3.8, 4) is 0 Å². The van der Waals surface area contributed by atoms with Crippen molar-refractivity contribution in [2.45, 2.75) is 45.4 Å². The van der Waals surface area contributed by atoms with Crippen LogP contribution in [0.2, 0.25) is 0 Å². The second-order valence-electron chi connectivity index (χ2n) is 7.73. The van der Waals surface area contributed by atoms with Gasteiger partial charge < -0.3 is 5.32 Å². The van der Waals surface area contributed by atoms with Crippen molar-refractivity contribution in [2.75, 3.05) is 18.4 Å². The molecule has 2 aromatic carbocycles. The van der Waals surface area contributed by atoms with Crippen LogP contribution < -0.4 is 5.32 Å². The first kappa shape index (κ1) is 20.6. The molecule has 1 atom stereocenters. The molecule has 0 radical (unpaired) electrons. The molecule has 1 N–H and O–H groups in total. The number of nitrogens with one attached hydrogen (secondary N) is 1. The predicted octanol–water partition coefficient (Wildman–Crippen LogP) is 3.96. The Labute approximate surface area is 167 Å². The number of hydrogen-bond donors (Lipinski definition) is 1. The SMILES string of the molecule is Cc1cc(C)c(S(=O)(=O)N2CCC[C@@H](C(=O)Nc3ccccc3C)C2)c(C)c1. The van der Waals surface area contributed by atoms with Crippen molar-refractivity contribution in [1.29, 1.82) is 0 Å². The maximum absolute atomic E-state index is 13.3. The van der Waals surface area contributed by atoms with Gasteiger partial charge in [-0.2, -0.15) is 4.31 Å². The van der Waals surface area contributed by atoms with E-state index in [9.17, 15) is 13.2 Å². The maximum atomic E-state index is 13.3. The Morgan fingerprint density at radius 2 is 1.68 bits per heavy atom. The Morgan fingerprint density at radius 3 is 2.32 bits per heavy atom. The number of rotatable bonds is 4. The Bertz CT molecular complexity index is 976. The summed E-state index contributed by atoms with van der Waals surface area (Å²) < 4.78 is 28.1. The summed E-state index contributed by atoms with van der Waals surface area (Å²) in [6.07, 6.45) is 1.37. The van der Waals surface area contributed by atoms with Gasteiger partial charge in [-0.1, -0.05) is 35.9 Å². The highest BCUT2D eigenvalue weighted by atomic mass is 32.2. The number of hydrogen-bond acceptors (Lipinski definition) is 3. The molecule has 0 unspecified atom stereocenters. The highest BCUT2D eigenvalue weighted by Crippen LogP contribution is 2.29. The predicted molar refractivity (Wildman–Crippen MR) is 112 cm³/mol. The normalized spacial score (nSPS) is 18.1. The summed E-state index contributed by atoms with van der Waals surface area (Å²) in [5, 5.41) is 2.96. The fraction of sp³-hybridized carbons (Fsp3) is 0.409. The number of carbonyl (C=O) groups is 1. The van der Waals surface area contributed by atoms with E-state index in [1.165, 1.54) is 4.31 Å². The van der Waals surface area contributed by atoms with E-state index >= 15 is 0 Å². The van der Waals surface area contributed by atoms with Crippen LogP contribution >= 0.6 is 0 Å². The van der Waals surface area contributed by atoms with Gasteiger partial charge in [-0.15, -0.1) is 0 Å². The Kier molecular flexibility index (Phi) is 5.91. The van der Waals surface area contributed by atoms with E-state index < -0.39 is 10.0 Å². The molecule has 1 aliphatic rings. The van der Waals surface area contributed by atoms with Crippen molar-refractivity contribution in [3.05, 3.63) is 58.7 Å². The number of anilines is 1. The molecule has 1 fully saturated rings. The largest absolute Gasteiger partial charge is 0.326 e. The van der Waals surface area contributed by atoms with E-state index in [2.05, 4.69) is 5.32 Å². The number of nitrogens with zero attached hydrogens (tertiary/aromatic N) is 1. The van der Waals surface area contributed by atoms with E-state index in [1.807, 2.05) is 64.1 Å². The first-order valence-electron chi connectivity index (χ1n) is 9.64. The van der Waals surface area contributed by atoms with Crippen LogP contribution in [0.4, 0.5) is 5.69 Å². The Hall–Kier alpha value is -2.18. The zero-order chi connectivity index (χ0) is 20.5. The molecule has 5 nitrogen and oxygen atoms in total. The van der Waals surface area contributed by atoms with Crippen LogP contribution in [0.25, 0.3) is 0 Å². The van der Waals surface area contributed by atoms with Crippen molar-refractivity contribution in [1.82, 2.24) is 4.31 Å². The minimum Gasteiger partial charge on any atom is -0.326 e. The molecule has 1 amide bonds. The van der Waals surface area contributed by atoms with Gasteiger partial charge in [0.2, 0.25) is 15.9 Å². The molecule has 3 rings (SSSR count). The minimum atomic E-state index is -3.63. The summed E-state index contributed by atoms with van der Waals surface area (Å²) in [5.74, 6) is -0.472. The number of benzene rings is 2. The second kappa shape index (κ2) is 8.05. The lowest BCUT2D eigenvalue weighted by Gasteiger charge is -2.32. The van der Waals surface area contributed by atoms with Crippen LogP contribution in [-0.4, -0.2) is 31.7 Å². The summed E-state index contributed by atoms with van der Waals surface area (Å²) in [4.78, 5) is 13.1. The monoisotopic (exact) mass is 400 g/mol. The molecule has 0 bridgehead atoms. The summed E-state index contributed by atoms with van der Waals surface area (Å²) in [6.45, 7) is 8.23. The number of carbonyl (C=O) groups excluding carboxylic acids is 1. The van der Waals surface area contributed by atoms with Crippen molar-refractivity contribution >= 4 is 21.6 Å². The first-order valence-corrected chi connectivity index (χ1v) is 11.1. The Morgan fingerprint density at radius 1 is 1.04 bits per heavy atom.